The molecule has 6 heteroatoms. The Morgan fingerprint density at radius 2 is 2.33 bits per heavy atom. The molecule has 2 aromatic rings. The number of benzene rings is 1. The van der Waals surface area contributed by atoms with E-state index in [1.165, 1.54) is 0 Å². The largest absolute Gasteiger partial charge is 0.480 e. The van der Waals surface area contributed by atoms with Gasteiger partial charge in [-0.25, -0.2) is 4.98 Å². The van der Waals surface area contributed by atoms with Gasteiger partial charge in [0.15, 0.2) is 5.13 Å². The quantitative estimate of drug-likeness (QED) is 0.851. The molecule has 0 saturated carbocycles. The van der Waals surface area contributed by atoms with E-state index in [2.05, 4.69) is 10.3 Å². The highest BCUT2D eigenvalue weighted by Gasteiger charge is 2.26. The summed E-state index contributed by atoms with van der Waals surface area (Å²) in [4.78, 5) is 17.6. The Morgan fingerprint density at radius 1 is 1.50 bits per heavy atom. The monoisotopic (exact) mass is 263 g/mol. The van der Waals surface area contributed by atoms with Gasteiger partial charge in [-0.1, -0.05) is 23.5 Å². The Labute approximate surface area is 108 Å². The molecule has 1 aromatic heterocycles. The van der Waals surface area contributed by atoms with E-state index in [0.29, 0.717) is 13.1 Å². The smallest absolute Gasteiger partial charge is 0.322 e. The van der Waals surface area contributed by atoms with Crippen molar-refractivity contribution in [3.63, 3.8) is 0 Å². The molecule has 94 valence electrons. The van der Waals surface area contributed by atoms with Crippen LogP contribution in [0.5, 0.6) is 0 Å². The normalized spacial score (nSPS) is 20.2. The predicted molar refractivity (Wildman–Crippen MR) is 71.3 cm³/mol. The lowest BCUT2D eigenvalue weighted by Crippen LogP contribution is -2.54. The molecule has 1 aromatic carbocycles. The average molecular weight is 263 g/mol. The van der Waals surface area contributed by atoms with Crippen LogP contribution in [0, 0.1) is 0 Å². The highest BCUT2D eigenvalue weighted by molar-refractivity contribution is 7.22. The molecule has 1 saturated heterocycles. The number of piperazine rings is 1. The van der Waals surface area contributed by atoms with Gasteiger partial charge in [0.05, 0.1) is 10.2 Å². The zero-order valence-electron chi connectivity index (χ0n) is 9.67. The van der Waals surface area contributed by atoms with E-state index in [-0.39, 0.29) is 0 Å². The number of aliphatic carboxylic acids is 1. The van der Waals surface area contributed by atoms with E-state index >= 15 is 0 Å². The minimum Gasteiger partial charge on any atom is -0.480 e. The molecule has 3 rings (SSSR count). The van der Waals surface area contributed by atoms with E-state index in [0.717, 1.165) is 21.9 Å². The summed E-state index contributed by atoms with van der Waals surface area (Å²) >= 11 is 1.61. The van der Waals surface area contributed by atoms with Crippen LogP contribution < -0.4 is 10.2 Å². The summed E-state index contributed by atoms with van der Waals surface area (Å²) in [6, 6.07) is 7.46. The van der Waals surface area contributed by atoms with Crippen molar-refractivity contribution in [3.05, 3.63) is 24.3 Å². The molecule has 1 fully saturated rings. The van der Waals surface area contributed by atoms with Gasteiger partial charge in [0.1, 0.15) is 6.04 Å². The number of fused-ring (bicyclic) bond motifs is 1. The van der Waals surface area contributed by atoms with Crippen molar-refractivity contribution in [3.8, 4) is 0 Å². The first-order valence-corrected chi connectivity index (χ1v) is 6.62. The van der Waals surface area contributed by atoms with Crippen molar-refractivity contribution in [1.29, 1.82) is 0 Å². The van der Waals surface area contributed by atoms with Gasteiger partial charge in [-0.2, -0.15) is 0 Å². The van der Waals surface area contributed by atoms with Gasteiger partial charge in [-0.15, -0.1) is 0 Å². The third kappa shape index (κ3) is 2.04. The van der Waals surface area contributed by atoms with Gasteiger partial charge >= 0.3 is 5.97 Å². The van der Waals surface area contributed by atoms with E-state index in [9.17, 15) is 4.79 Å². The zero-order chi connectivity index (χ0) is 12.5. The molecule has 0 spiro atoms. The topological polar surface area (TPSA) is 65.5 Å². The summed E-state index contributed by atoms with van der Waals surface area (Å²) in [5.74, 6) is -0.805. The van der Waals surface area contributed by atoms with Gasteiger partial charge < -0.3 is 15.3 Å². The molecule has 0 aliphatic carbocycles. The number of hydrogen-bond acceptors (Lipinski definition) is 5. The van der Waals surface area contributed by atoms with Crippen LogP contribution in [0.1, 0.15) is 0 Å². The summed E-state index contributed by atoms with van der Waals surface area (Å²) < 4.78 is 1.14. The fourth-order valence-electron chi connectivity index (χ4n) is 2.08. The number of hydrogen-bond donors (Lipinski definition) is 2. The fourth-order valence-corrected chi connectivity index (χ4v) is 3.08. The molecular weight excluding hydrogens is 250 g/mol. The van der Waals surface area contributed by atoms with Crippen molar-refractivity contribution in [2.75, 3.05) is 24.5 Å². The molecule has 18 heavy (non-hydrogen) atoms. The lowest BCUT2D eigenvalue weighted by Gasteiger charge is -2.31. The number of aromatic nitrogens is 1. The first-order chi connectivity index (χ1) is 8.74. The number of rotatable bonds is 2. The van der Waals surface area contributed by atoms with E-state index in [1.807, 2.05) is 29.2 Å². The number of nitrogens with one attached hydrogen (secondary N) is 1. The van der Waals surface area contributed by atoms with Crippen LogP contribution in [-0.2, 0) is 4.79 Å². The molecule has 1 aliphatic heterocycles. The number of nitrogens with zero attached hydrogens (tertiary/aromatic N) is 2. The van der Waals surface area contributed by atoms with Crippen molar-refractivity contribution < 1.29 is 9.90 Å². The maximum atomic E-state index is 11.0. The van der Waals surface area contributed by atoms with Crippen molar-refractivity contribution in [2.24, 2.45) is 0 Å². The van der Waals surface area contributed by atoms with Crippen LogP contribution in [0.3, 0.4) is 0 Å². The number of anilines is 1. The summed E-state index contributed by atoms with van der Waals surface area (Å²) in [5, 5.41) is 12.9. The molecule has 0 bridgehead atoms. The van der Waals surface area contributed by atoms with E-state index < -0.39 is 12.0 Å². The third-order valence-corrected chi connectivity index (χ3v) is 4.12. The summed E-state index contributed by atoms with van der Waals surface area (Å²) in [6.07, 6.45) is 0. The molecule has 0 amide bonds. The predicted octanol–water partition coefficient (Wildman–Crippen LogP) is 1.16. The number of para-hydroxylation sites is 1. The Bertz CT molecular complexity index is 550. The SMILES string of the molecule is O=C(O)[C@@H]1CN(c2nc3ccccc3s2)CCN1. The van der Waals surface area contributed by atoms with Gasteiger partial charge in [0.25, 0.3) is 0 Å². The average Bonchev–Trinajstić information content (AvgIpc) is 2.82. The Hall–Kier alpha value is -1.66. The van der Waals surface area contributed by atoms with Crippen LogP contribution in [0.4, 0.5) is 5.13 Å². The van der Waals surface area contributed by atoms with Crippen molar-refractivity contribution in [2.45, 2.75) is 6.04 Å². The lowest BCUT2D eigenvalue weighted by atomic mass is 10.2. The fraction of sp³-hybridized carbons (Fsp3) is 0.333. The van der Waals surface area contributed by atoms with Gasteiger partial charge in [-0.3, -0.25) is 4.79 Å². The third-order valence-electron chi connectivity index (χ3n) is 3.03. The molecule has 2 N–H and O–H groups in total. The molecule has 1 aliphatic rings. The van der Waals surface area contributed by atoms with Crippen molar-refractivity contribution in [1.82, 2.24) is 10.3 Å². The minimum atomic E-state index is -0.805. The van der Waals surface area contributed by atoms with Gasteiger partial charge in [-0.05, 0) is 12.1 Å². The molecule has 0 radical (unpaired) electrons. The molecule has 1 atom stereocenters. The second kappa shape index (κ2) is 4.55. The first-order valence-electron chi connectivity index (χ1n) is 5.81. The maximum Gasteiger partial charge on any atom is 0.322 e. The first kappa shape index (κ1) is 11.4. The van der Waals surface area contributed by atoms with Gasteiger partial charge in [0, 0.05) is 19.6 Å². The summed E-state index contributed by atoms with van der Waals surface area (Å²) in [7, 11) is 0. The Balaban J connectivity index is 1.87. The minimum absolute atomic E-state index is 0.467. The zero-order valence-corrected chi connectivity index (χ0v) is 10.5. The van der Waals surface area contributed by atoms with Crippen LogP contribution in [0.25, 0.3) is 10.2 Å². The van der Waals surface area contributed by atoms with Crippen molar-refractivity contribution >= 4 is 32.7 Å². The Morgan fingerprint density at radius 3 is 3.11 bits per heavy atom. The highest BCUT2D eigenvalue weighted by Crippen LogP contribution is 2.28. The number of carbonyl (C=O) groups is 1. The summed E-state index contributed by atoms with van der Waals surface area (Å²) in [5.41, 5.74) is 0.975. The second-order valence-electron chi connectivity index (χ2n) is 4.26. The van der Waals surface area contributed by atoms with Crippen LogP contribution in [-0.4, -0.2) is 41.7 Å². The Kier molecular flexibility index (Phi) is 2.89. The second-order valence-corrected chi connectivity index (χ2v) is 5.26. The van der Waals surface area contributed by atoms with Crippen LogP contribution in [0.15, 0.2) is 24.3 Å². The standard InChI is InChI=1S/C12H13N3O2S/c16-11(17)9-7-15(6-5-13-9)12-14-8-3-1-2-4-10(8)18-12/h1-4,9,13H,5-7H2,(H,16,17)/t9-/m0/s1. The van der Waals surface area contributed by atoms with Crippen LogP contribution >= 0.6 is 11.3 Å². The highest BCUT2D eigenvalue weighted by atomic mass is 32.1. The van der Waals surface area contributed by atoms with Gasteiger partial charge in [0.2, 0.25) is 0 Å². The van der Waals surface area contributed by atoms with E-state index in [4.69, 9.17) is 5.11 Å². The number of thiazole rings is 1. The molecular formula is C12H13N3O2S. The maximum absolute atomic E-state index is 11.0. The molecule has 0 unspecified atom stereocenters. The lowest BCUT2D eigenvalue weighted by molar-refractivity contribution is -0.139. The molecule has 5 nitrogen and oxygen atoms in total. The van der Waals surface area contributed by atoms with Crippen LogP contribution in [0.2, 0.25) is 0 Å². The number of carboxylic acids is 1. The van der Waals surface area contributed by atoms with E-state index in [1.54, 1.807) is 11.3 Å². The number of carboxylic acid groups (broad SMARTS) is 1. The summed E-state index contributed by atoms with van der Waals surface area (Å²) in [6.45, 7) is 1.94. The molecule has 2 heterocycles.